The topological polar surface area (TPSA) is 21.3 Å². The second kappa shape index (κ2) is 6.68. The van der Waals surface area contributed by atoms with Gasteiger partial charge >= 0.3 is 0 Å². The molecule has 0 amide bonds. The molecular formula is C18H26ClNO. The van der Waals surface area contributed by atoms with Gasteiger partial charge in [0.25, 0.3) is 0 Å². The van der Waals surface area contributed by atoms with Crippen LogP contribution in [0.15, 0.2) is 24.3 Å². The molecule has 2 atom stereocenters. The van der Waals surface area contributed by atoms with Crippen molar-refractivity contribution in [3.63, 3.8) is 0 Å². The lowest BCUT2D eigenvalue weighted by molar-refractivity contribution is -0.0981. The van der Waals surface area contributed by atoms with Gasteiger partial charge in [-0.05, 0) is 55.8 Å². The molecule has 2 unspecified atom stereocenters. The van der Waals surface area contributed by atoms with Crippen LogP contribution >= 0.6 is 11.6 Å². The maximum atomic E-state index is 6.20. The number of nitrogens with one attached hydrogen (secondary N) is 1. The molecule has 1 saturated carbocycles. The van der Waals surface area contributed by atoms with Gasteiger partial charge in [-0.15, -0.1) is 0 Å². The van der Waals surface area contributed by atoms with Gasteiger partial charge in [-0.3, -0.25) is 0 Å². The van der Waals surface area contributed by atoms with E-state index >= 15 is 0 Å². The fraction of sp³-hybridized carbons (Fsp3) is 0.667. The zero-order chi connectivity index (χ0) is 14.7. The zero-order valence-electron chi connectivity index (χ0n) is 12.9. The molecule has 1 spiro atoms. The van der Waals surface area contributed by atoms with Crippen molar-refractivity contribution in [1.29, 1.82) is 0 Å². The predicted octanol–water partition coefficient (Wildman–Crippen LogP) is 4.73. The van der Waals surface area contributed by atoms with Crippen molar-refractivity contribution in [2.24, 2.45) is 5.92 Å². The molecule has 1 aliphatic heterocycles. The average Bonchev–Trinajstić information content (AvgIpc) is 2.92. The molecule has 0 bridgehead atoms. The van der Waals surface area contributed by atoms with E-state index in [1.807, 2.05) is 6.07 Å². The molecule has 1 aliphatic carbocycles. The molecular weight excluding hydrogens is 282 g/mol. The van der Waals surface area contributed by atoms with E-state index in [1.165, 1.54) is 37.7 Å². The van der Waals surface area contributed by atoms with Crippen molar-refractivity contribution >= 4 is 11.6 Å². The second-order valence-electron chi connectivity index (χ2n) is 6.58. The van der Waals surface area contributed by atoms with Crippen LogP contribution in [-0.2, 0) is 4.74 Å². The summed E-state index contributed by atoms with van der Waals surface area (Å²) in [5, 5.41) is 4.52. The predicted molar refractivity (Wildman–Crippen MR) is 87.7 cm³/mol. The van der Waals surface area contributed by atoms with Crippen LogP contribution in [0.4, 0.5) is 0 Å². The Labute approximate surface area is 133 Å². The first-order valence-corrected chi connectivity index (χ1v) is 8.73. The van der Waals surface area contributed by atoms with Crippen LogP contribution in [0.5, 0.6) is 0 Å². The number of hydrogen-bond acceptors (Lipinski definition) is 2. The summed E-state index contributed by atoms with van der Waals surface area (Å²) in [4.78, 5) is 0. The summed E-state index contributed by atoms with van der Waals surface area (Å²) in [5.41, 5.74) is 1.50. The van der Waals surface area contributed by atoms with E-state index in [-0.39, 0.29) is 5.60 Å². The summed E-state index contributed by atoms with van der Waals surface area (Å²) in [6, 6.07) is 8.74. The van der Waals surface area contributed by atoms with Crippen molar-refractivity contribution in [2.45, 2.75) is 57.1 Å². The van der Waals surface area contributed by atoms with Gasteiger partial charge < -0.3 is 10.1 Å². The molecule has 1 saturated heterocycles. The summed E-state index contributed by atoms with van der Waals surface area (Å²) in [7, 11) is 0. The van der Waals surface area contributed by atoms with Crippen LogP contribution in [0.2, 0.25) is 5.02 Å². The Kier molecular flexibility index (Phi) is 4.88. The van der Waals surface area contributed by atoms with Gasteiger partial charge in [0.1, 0.15) is 0 Å². The van der Waals surface area contributed by atoms with E-state index in [0.717, 1.165) is 24.6 Å². The number of halogens is 1. The van der Waals surface area contributed by atoms with E-state index in [9.17, 15) is 0 Å². The Hall–Kier alpha value is -0.570. The monoisotopic (exact) mass is 307 g/mol. The third kappa shape index (κ3) is 3.44. The van der Waals surface area contributed by atoms with Gasteiger partial charge in [0.15, 0.2) is 0 Å². The molecule has 0 aromatic heterocycles. The number of ether oxygens (including phenoxy) is 1. The van der Waals surface area contributed by atoms with Gasteiger partial charge in [-0.1, -0.05) is 43.5 Å². The highest BCUT2D eigenvalue weighted by Gasteiger charge is 2.42. The third-order valence-electron chi connectivity index (χ3n) is 5.15. The Morgan fingerprint density at radius 3 is 2.90 bits per heavy atom. The second-order valence-corrected chi connectivity index (χ2v) is 7.02. The number of rotatable bonds is 4. The Morgan fingerprint density at radius 2 is 2.19 bits per heavy atom. The highest BCUT2D eigenvalue weighted by atomic mass is 35.5. The molecule has 2 fully saturated rings. The molecule has 116 valence electrons. The first kappa shape index (κ1) is 15.3. The summed E-state index contributed by atoms with van der Waals surface area (Å²) >= 11 is 6.20. The highest BCUT2D eigenvalue weighted by Crippen LogP contribution is 2.45. The molecule has 21 heavy (non-hydrogen) atoms. The van der Waals surface area contributed by atoms with Crippen LogP contribution < -0.4 is 5.32 Å². The largest absolute Gasteiger partial charge is 0.375 e. The average molecular weight is 308 g/mol. The molecule has 2 aliphatic rings. The lowest BCUT2D eigenvalue weighted by Crippen LogP contribution is -2.42. The molecule has 1 aromatic carbocycles. The van der Waals surface area contributed by atoms with Crippen molar-refractivity contribution in [3.05, 3.63) is 34.9 Å². The van der Waals surface area contributed by atoms with Gasteiger partial charge in [-0.25, -0.2) is 0 Å². The lowest BCUT2D eigenvalue weighted by atomic mass is 9.78. The van der Waals surface area contributed by atoms with Crippen LogP contribution in [-0.4, -0.2) is 18.8 Å². The number of hydrogen-bond donors (Lipinski definition) is 1. The minimum absolute atomic E-state index is 0.176. The smallest absolute Gasteiger partial charge is 0.0686 e. The molecule has 1 aromatic rings. The van der Waals surface area contributed by atoms with E-state index in [1.54, 1.807) is 0 Å². The summed E-state index contributed by atoms with van der Waals surface area (Å²) in [5.74, 6) is 0.648. The Morgan fingerprint density at radius 1 is 1.38 bits per heavy atom. The van der Waals surface area contributed by atoms with Crippen molar-refractivity contribution in [1.82, 2.24) is 5.32 Å². The van der Waals surface area contributed by atoms with Crippen LogP contribution in [0.3, 0.4) is 0 Å². The van der Waals surface area contributed by atoms with E-state index < -0.39 is 0 Å². The molecule has 1 heterocycles. The first-order chi connectivity index (χ1) is 10.2. The third-order valence-corrected chi connectivity index (χ3v) is 5.38. The fourth-order valence-electron chi connectivity index (χ4n) is 4.19. The minimum atomic E-state index is 0.176. The van der Waals surface area contributed by atoms with Gasteiger partial charge in [0, 0.05) is 17.7 Å². The van der Waals surface area contributed by atoms with Crippen molar-refractivity contribution in [2.75, 3.05) is 13.2 Å². The summed E-state index contributed by atoms with van der Waals surface area (Å²) in [6.45, 7) is 4.08. The fourth-order valence-corrected chi connectivity index (χ4v) is 4.39. The zero-order valence-corrected chi connectivity index (χ0v) is 13.7. The minimum Gasteiger partial charge on any atom is -0.375 e. The molecule has 0 radical (unpaired) electrons. The van der Waals surface area contributed by atoms with Gasteiger partial charge in [-0.2, -0.15) is 0 Å². The van der Waals surface area contributed by atoms with E-state index in [4.69, 9.17) is 16.3 Å². The normalized spacial score (nSPS) is 26.1. The highest BCUT2D eigenvalue weighted by molar-refractivity contribution is 6.30. The molecule has 2 nitrogen and oxygen atoms in total. The quantitative estimate of drug-likeness (QED) is 0.868. The molecule has 3 heteroatoms. The van der Waals surface area contributed by atoms with Gasteiger partial charge in [0.05, 0.1) is 5.60 Å². The molecule has 3 rings (SSSR count). The first-order valence-electron chi connectivity index (χ1n) is 8.35. The van der Waals surface area contributed by atoms with Crippen molar-refractivity contribution in [3.8, 4) is 0 Å². The Bertz CT molecular complexity index is 470. The van der Waals surface area contributed by atoms with E-state index in [2.05, 4.69) is 30.4 Å². The maximum absolute atomic E-state index is 6.20. The van der Waals surface area contributed by atoms with E-state index in [0.29, 0.717) is 12.0 Å². The van der Waals surface area contributed by atoms with Crippen molar-refractivity contribution < 1.29 is 4.74 Å². The Balaban J connectivity index is 1.80. The molecule has 1 N–H and O–H groups in total. The maximum Gasteiger partial charge on any atom is 0.0686 e. The van der Waals surface area contributed by atoms with Crippen LogP contribution in [0, 0.1) is 5.92 Å². The summed E-state index contributed by atoms with van der Waals surface area (Å²) < 4.78 is 6.19. The summed E-state index contributed by atoms with van der Waals surface area (Å²) in [6.07, 6.45) is 7.49. The van der Waals surface area contributed by atoms with Crippen LogP contribution in [0.25, 0.3) is 0 Å². The number of benzene rings is 1. The van der Waals surface area contributed by atoms with Gasteiger partial charge in [0.2, 0.25) is 0 Å². The van der Waals surface area contributed by atoms with Crippen LogP contribution in [0.1, 0.15) is 57.1 Å². The standard InChI is InChI=1S/C18H26ClNO/c1-2-20-17(14-6-5-7-16(19)12-14)15-8-11-21-18(13-15)9-3-4-10-18/h5-7,12,15,17,20H,2-4,8-11,13H2,1H3. The lowest BCUT2D eigenvalue weighted by Gasteiger charge is -2.41. The SMILES string of the molecule is CCNC(c1cccc(Cl)c1)C1CCOC2(CCCC2)C1.